The zero-order chi connectivity index (χ0) is 16.2. The maximum atomic E-state index is 12.6. The van der Waals surface area contributed by atoms with Crippen molar-refractivity contribution in [1.29, 1.82) is 0 Å². The van der Waals surface area contributed by atoms with E-state index in [1.807, 2.05) is 12.1 Å². The number of hydrogen-bond acceptors (Lipinski definition) is 5. The van der Waals surface area contributed by atoms with Crippen LogP contribution in [-0.2, 0) is 11.3 Å². The van der Waals surface area contributed by atoms with Gasteiger partial charge in [0, 0.05) is 24.3 Å². The molecule has 6 heteroatoms. The van der Waals surface area contributed by atoms with E-state index >= 15 is 0 Å². The molecule has 2 saturated heterocycles. The fraction of sp³-hybridized carbons (Fsp3) is 0.647. The molecule has 0 saturated carbocycles. The zero-order valence-corrected chi connectivity index (χ0v) is 13.9. The molecule has 0 aromatic carbocycles. The van der Waals surface area contributed by atoms with E-state index in [9.17, 15) is 4.79 Å². The molecule has 126 valence electrons. The van der Waals surface area contributed by atoms with Crippen LogP contribution in [0.2, 0.25) is 0 Å². The number of anilines is 1. The monoisotopic (exact) mass is 317 g/mol. The number of nitrogens with zero attached hydrogens (tertiary/aromatic N) is 3. The van der Waals surface area contributed by atoms with E-state index < -0.39 is 0 Å². The van der Waals surface area contributed by atoms with E-state index in [0.29, 0.717) is 18.4 Å². The number of piperidine rings is 1. The molecule has 1 aromatic heterocycles. The Bertz CT molecular complexity index is 542. The maximum Gasteiger partial charge on any atom is 0.237 e. The number of hydrogen-bond donors (Lipinski definition) is 2. The predicted octanol–water partition coefficient (Wildman–Crippen LogP) is 0.839. The van der Waals surface area contributed by atoms with Crippen molar-refractivity contribution in [2.45, 2.75) is 44.3 Å². The molecule has 0 bridgehead atoms. The second-order valence-electron chi connectivity index (χ2n) is 6.70. The first-order chi connectivity index (χ1) is 11.1. The van der Waals surface area contributed by atoms with E-state index in [2.05, 4.69) is 27.1 Å². The van der Waals surface area contributed by atoms with Crippen LogP contribution in [-0.4, -0.2) is 59.5 Å². The number of rotatable bonds is 4. The number of carbonyl (C=O) groups excluding carboxylic acids is 1. The van der Waals surface area contributed by atoms with Crippen LogP contribution in [0.1, 0.15) is 31.2 Å². The molecule has 2 aliphatic heterocycles. The van der Waals surface area contributed by atoms with Gasteiger partial charge in [-0.3, -0.25) is 9.69 Å². The minimum Gasteiger partial charge on any atom is -0.383 e. The summed E-state index contributed by atoms with van der Waals surface area (Å²) in [4.78, 5) is 21.5. The van der Waals surface area contributed by atoms with Gasteiger partial charge in [0.1, 0.15) is 5.82 Å². The van der Waals surface area contributed by atoms with Crippen LogP contribution in [0.25, 0.3) is 0 Å². The number of nitrogens with one attached hydrogen (secondary N) is 1. The fourth-order valence-corrected chi connectivity index (χ4v) is 3.73. The lowest BCUT2D eigenvalue weighted by Crippen LogP contribution is -2.50. The summed E-state index contributed by atoms with van der Waals surface area (Å²) < 4.78 is 0. The highest BCUT2D eigenvalue weighted by Crippen LogP contribution is 2.26. The van der Waals surface area contributed by atoms with Crippen molar-refractivity contribution in [2.24, 2.45) is 0 Å². The van der Waals surface area contributed by atoms with Gasteiger partial charge < -0.3 is 16.0 Å². The maximum absolute atomic E-state index is 12.6. The van der Waals surface area contributed by atoms with Gasteiger partial charge in [-0.2, -0.15) is 0 Å². The normalized spacial score (nSPS) is 24.0. The number of pyridine rings is 1. The molecule has 1 amide bonds. The van der Waals surface area contributed by atoms with Crippen LogP contribution in [0.3, 0.4) is 0 Å². The van der Waals surface area contributed by atoms with Gasteiger partial charge in [0.25, 0.3) is 0 Å². The summed E-state index contributed by atoms with van der Waals surface area (Å²) in [6.45, 7) is 3.75. The predicted molar refractivity (Wildman–Crippen MR) is 90.7 cm³/mol. The molecule has 3 N–H and O–H groups in total. The first-order valence-electron chi connectivity index (χ1n) is 8.56. The Hall–Kier alpha value is -1.66. The molecule has 0 unspecified atom stereocenters. The molecule has 6 nitrogen and oxygen atoms in total. The number of carbonyl (C=O) groups is 1. The number of amides is 1. The van der Waals surface area contributed by atoms with Crippen molar-refractivity contribution in [1.82, 2.24) is 20.1 Å². The van der Waals surface area contributed by atoms with Crippen molar-refractivity contribution in [2.75, 3.05) is 32.4 Å². The van der Waals surface area contributed by atoms with Gasteiger partial charge in [-0.25, -0.2) is 4.98 Å². The van der Waals surface area contributed by atoms with Crippen molar-refractivity contribution in [3.8, 4) is 0 Å². The lowest BCUT2D eigenvalue weighted by Gasteiger charge is -2.37. The lowest BCUT2D eigenvalue weighted by molar-refractivity contribution is -0.126. The summed E-state index contributed by atoms with van der Waals surface area (Å²) >= 11 is 0. The Kier molecular flexibility index (Phi) is 5.13. The number of nitrogen functional groups attached to an aromatic ring is 1. The van der Waals surface area contributed by atoms with Crippen molar-refractivity contribution >= 4 is 11.7 Å². The molecule has 3 rings (SSSR count). The average Bonchev–Trinajstić information content (AvgIpc) is 3.04. The second kappa shape index (κ2) is 7.27. The summed E-state index contributed by atoms with van der Waals surface area (Å²) in [7, 11) is 2.17. The minimum atomic E-state index is 0.0151. The van der Waals surface area contributed by atoms with Crippen LogP contribution in [0.4, 0.5) is 5.82 Å². The number of aromatic nitrogens is 1. The molecule has 2 aliphatic rings. The minimum absolute atomic E-state index is 0.0151. The highest BCUT2D eigenvalue weighted by Gasteiger charge is 2.36. The Morgan fingerprint density at radius 1 is 1.35 bits per heavy atom. The molecule has 0 radical (unpaired) electrons. The largest absolute Gasteiger partial charge is 0.383 e. The summed E-state index contributed by atoms with van der Waals surface area (Å²) in [6, 6.07) is 4.32. The highest BCUT2D eigenvalue weighted by molar-refractivity contribution is 5.82. The number of nitrogens with two attached hydrogens (primary N) is 1. The van der Waals surface area contributed by atoms with E-state index in [-0.39, 0.29) is 11.9 Å². The first-order valence-corrected chi connectivity index (χ1v) is 8.56. The summed E-state index contributed by atoms with van der Waals surface area (Å²) in [5.74, 6) is 0.621. The van der Waals surface area contributed by atoms with Gasteiger partial charge in [0.2, 0.25) is 5.91 Å². The van der Waals surface area contributed by atoms with Gasteiger partial charge in [-0.05, 0) is 58.4 Å². The quantitative estimate of drug-likeness (QED) is 0.861. The third-order valence-electron chi connectivity index (χ3n) is 5.13. The van der Waals surface area contributed by atoms with Crippen molar-refractivity contribution in [3.05, 3.63) is 23.9 Å². The van der Waals surface area contributed by atoms with Crippen LogP contribution in [0, 0.1) is 0 Å². The van der Waals surface area contributed by atoms with Gasteiger partial charge in [0.15, 0.2) is 0 Å². The average molecular weight is 317 g/mol. The van der Waals surface area contributed by atoms with E-state index in [1.54, 1.807) is 6.20 Å². The summed E-state index contributed by atoms with van der Waals surface area (Å²) in [5, 5.41) is 3.05. The van der Waals surface area contributed by atoms with E-state index in [1.165, 1.54) is 0 Å². The van der Waals surface area contributed by atoms with E-state index in [0.717, 1.165) is 50.9 Å². The van der Waals surface area contributed by atoms with Crippen molar-refractivity contribution < 1.29 is 4.79 Å². The molecule has 0 spiro atoms. The lowest BCUT2D eigenvalue weighted by atomic mass is 10.0. The van der Waals surface area contributed by atoms with Crippen molar-refractivity contribution in [3.63, 3.8) is 0 Å². The molecular formula is C17H27N5O. The smallest absolute Gasteiger partial charge is 0.237 e. The Morgan fingerprint density at radius 3 is 2.87 bits per heavy atom. The van der Waals surface area contributed by atoms with E-state index in [4.69, 9.17) is 5.73 Å². The SMILES string of the molecule is CN1CCC(N2CCC[C@H]2C(=O)NCc2cccnc2N)CC1. The van der Waals surface area contributed by atoms with Gasteiger partial charge in [0.05, 0.1) is 6.04 Å². The van der Waals surface area contributed by atoms with Crippen LogP contribution >= 0.6 is 0 Å². The molecule has 2 fully saturated rings. The van der Waals surface area contributed by atoms with Crippen LogP contribution < -0.4 is 11.1 Å². The number of likely N-dealkylation sites (tertiary alicyclic amines) is 2. The Labute approximate surface area is 138 Å². The molecule has 0 aliphatic carbocycles. The molecule has 3 heterocycles. The van der Waals surface area contributed by atoms with Gasteiger partial charge in [-0.1, -0.05) is 6.07 Å². The van der Waals surface area contributed by atoms with Crippen LogP contribution in [0.15, 0.2) is 18.3 Å². The molecular weight excluding hydrogens is 290 g/mol. The zero-order valence-electron chi connectivity index (χ0n) is 13.9. The summed E-state index contributed by atoms with van der Waals surface area (Å²) in [6.07, 6.45) is 6.06. The third-order valence-corrected chi connectivity index (χ3v) is 5.13. The Balaban J connectivity index is 1.57. The van der Waals surface area contributed by atoms with Gasteiger partial charge in [-0.15, -0.1) is 0 Å². The molecule has 23 heavy (non-hydrogen) atoms. The van der Waals surface area contributed by atoms with Crippen LogP contribution in [0.5, 0.6) is 0 Å². The summed E-state index contributed by atoms with van der Waals surface area (Å²) in [5.41, 5.74) is 6.72. The first kappa shape index (κ1) is 16.2. The molecule has 1 aromatic rings. The standard InChI is InChI=1S/C17H27N5O/c1-21-10-6-14(7-11-21)22-9-3-5-15(22)17(23)20-12-13-4-2-8-19-16(13)18/h2,4,8,14-15H,3,5-7,9-12H2,1H3,(H2,18,19)(H,20,23)/t15-/m0/s1. The second-order valence-corrected chi connectivity index (χ2v) is 6.70. The molecule has 1 atom stereocenters. The fourth-order valence-electron chi connectivity index (χ4n) is 3.73. The Morgan fingerprint density at radius 2 is 2.13 bits per heavy atom. The topological polar surface area (TPSA) is 74.5 Å². The van der Waals surface area contributed by atoms with Gasteiger partial charge >= 0.3 is 0 Å². The highest BCUT2D eigenvalue weighted by atomic mass is 16.2. The third kappa shape index (κ3) is 3.82.